The van der Waals surface area contributed by atoms with Crippen LogP contribution in [-0.4, -0.2) is 25.3 Å². The molecule has 0 heterocycles. The van der Waals surface area contributed by atoms with Crippen LogP contribution in [0.2, 0.25) is 0 Å². The molecular weight excluding hydrogens is 210 g/mol. The van der Waals surface area contributed by atoms with Gasteiger partial charge in [-0.05, 0) is 51.5 Å². The van der Waals surface area contributed by atoms with Crippen LogP contribution in [0.25, 0.3) is 0 Å². The van der Waals surface area contributed by atoms with E-state index in [-0.39, 0.29) is 5.60 Å². The number of ether oxygens (including phenoxy) is 1. The molecule has 2 heteroatoms. The van der Waals surface area contributed by atoms with Gasteiger partial charge < -0.3 is 10.1 Å². The topological polar surface area (TPSA) is 21.3 Å². The van der Waals surface area contributed by atoms with Crippen LogP contribution in [0.1, 0.15) is 58.3 Å². The maximum absolute atomic E-state index is 5.71. The highest BCUT2D eigenvalue weighted by Crippen LogP contribution is 2.39. The molecule has 0 aromatic heterocycles. The van der Waals surface area contributed by atoms with Crippen molar-refractivity contribution >= 4 is 0 Å². The van der Waals surface area contributed by atoms with Gasteiger partial charge in [-0.25, -0.2) is 0 Å². The molecule has 0 aromatic carbocycles. The first kappa shape index (κ1) is 14.5. The second-order valence-electron chi connectivity index (χ2n) is 5.19. The molecule has 0 radical (unpaired) electrons. The van der Waals surface area contributed by atoms with Crippen molar-refractivity contribution < 1.29 is 4.74 Å². The fourth-order valence-electron chi connectivity index (χ4n) is 2.59. The van der Waals surface area contributed by atoms with Gasteiger partial charge in [-0.2, -0.15) is 0 Å². The molecule has 1 aliphatic carbocycles. The van der Waals surface area contributed by atoms with E-state index in [1.54, 1.807) is 0 Å². The predicted octanol–water partition coefficient (Wildman–Crippen LogP) is 3.12. The van der Waals surface area contributed by atoms with E-state index in [9.17, 15) is 0 Å². The molecule has 0 spiro atoms. The summed E-state index contributed by atoms with van der Waals surface area (Å²) in [7, 11) is 1.86. The van der Waals surface area contributed by atoms with Crippen LogP contribution in [0.5, 0.6) is 0 Å². The minimum atomic E-state index is 0.168. The van der Waals surface area contributed by atoms with Crippen LogP contribution < -0.4 is 5.32 Å². The van der Waals surface area contributed by atoms with E-state index >= 15 is 0 Å². The number of rotatable bonds is 9. The number of methoxy groups -OCH3 is 1. The fraction of sp³-hybridized carbons (Fsp3) is 0.867. The quantitative estimate of drug-likeness (QED) is 0.491. The molecular formula is C15H27NO. The van der Waals surface area contributed by atoms with Crippen molar-refractivity contribution in [2.75, 3.05) is 13.7 Å². The molecule has 0 amide bonds. The van der Waals surface area contributed by atoms with Crippen LogP contribution in [0.4, 0.5) is 0 Å². The van der Waals surface area contributed by atoms with Gasteiger partial charge in [0.15, 0.2) is 0 Å². The first-order valence-electron chi connectivity index (χ1n) is 6.98. The largest absolute Gasteiger partial charge is 0.378 e. The Labute approximate surface area is 107 Å². The van der Waals surface area contributed by atoms with Gasteiger partial charge in [0.2, 0.25) is 0 Å². The molecule has 1 aliphatic rings. The van der Waals surface area contributed by atoms with Crippen molar-refractivity contribution in [2.45, 2.75) is 69.9 Å². The Hall–Kier alpha value is -0.520. The van der Waals surface area contributed by atoms with Crippen LogP contribution in [0.15, 0.2) is 0 Å². The maximum atomic E-state index is 5.71. The smallest absolute Gasteiger partial charge is 0.0693 e. The number of unbranched alkanes of at least 4 members (excludes halogenated alkanes) is 1. The molecule has 1 atom stereocenters. The number of hydrogen-bond acceptors (Lipinski definition) is 2. The van der Waals surface area contributed by atoms with E-state index in [0.29, 0.717) is 6.04 Å². The Morgan fingerprint density at radius 1 is 1.47 bits per heavy atom. The van der Waals surface area contributed by atoms with E-state index in [0.717, 1.165) is 25.8 Å². The van der Waals surface area contributed by atoms with Crippen molar-refractivity contribution in [2.24, 2.45) is 0 Å². The lowest BCUT2D eigenvalue weighted by Gasteiger charge is -2.43. The fourth-order valence-corrected chi connectivity index (χ4v) is 2.59. The molecule has 0 saturated heterocycles. The number of nitrogens with one attached hydrogen (secondary N) is 1. The summed E-state index contributed by atoms with van der Waals surface area (Å²) in [5.41, 5.74) is 0.168. The molecule has 0 aliphatic heterocycles. The third-order valence-electron chi connectivity index (χ3n) is 3.87. The monoisotopic (exact) mass is 237 g/mol. The average Bonchev–Trinajstić information content (AvgIpc) is 2.30. The van der Waals surface area contributed by atoms with Gasteiger partial charge in [0.05, 0.1) is 5.60 Å². The van der Waals surface area contributed by atoms with Gasteiger partial charge in [0, 0.05) is 19.6 Å². The van der Waals surface area contributed by atoms with Gasteiger partial charge in [-0.3, -0.25) is 0 Å². The lowest BCUT2D eigenvalue weighted by atomic mass is 9.75. The molecule has 1 fully saturated rings. The van der Waals surface area contributed by atoms with Crippen molar-refractivity contribution in [3.63, 3.8) is 0 Å². The standard InChI is InChI=1S/C15H27NO/c1-4-6-7-9-14(16-12-5-2)13-15(17-3)10-8-11-15/h1,14,16H,5-13H2,2-3H3. The van der Waals surface area contributed by atoms with Crippen molar-refractivity contribution in [1.29, 1.82) is 0 Å². The summed E-state index contributed by atoms with van der Waals surface area (Å²) < 4.78 is 5.71. The van der Waals surface area contributed by atoms with E-state index < -0.39 is 0 Å². The Balaban J connectivity index is 2.36. The lowest BCUT2D eigenvalue weighted by Crippen LogP contribution is -2.46. The summed E-state index contributed by atoms with van der Waals surface area (Å²) in [5.74, 6) is 2.72. The first-order chi connectivity index (χ1) is 8.26. The van der Waals surface area contributed by atoms with Crippen LogP contribution >= 0.6 is 0 Å². The SMILES string of the molecule is C#CCCCC(CC1(OC)CCC1)NCCC. The summed E-state index contributed by atoms with van der Waals surface area (Å²) in [6.45, 7) is 3.31. The molecule has 1 N–H and O–H groups in total. The summed E-state index contributed by atoms with van der Waals surface area (Å²) in [5, 5.41) is 3.64. The second-order valence-corrected chi connectivity index (χ2v) is 5.19. The molecule has 0 aromatic rings. The van der Waals surface area contributed by atoms with Gasteiger partial charge >= 0.3 is 0 Å². The maximum Gasteiger partial charge on any atom is 0.0693 e. The zero-order valence-electron chi connectivity index (χ0n) is 11.4. The Bertz CT molecular complexity index is 234. The van der Waals surface area contributed by atoms with Gasteiger partial charge in [-0.15, -0.1) is 12.3 Å². The summed E-state index contributed by atoms with van der Waals surface area (Å²) >= 11 is 0. The van der Waals surface area contributed by atoms with Crippen LogP contribution in [0.3, 0.4) is 0 Å². The Kier molecular flexibility index (Phi) is 6.62. The van der Waals surface area contributed by atoms with E-state index in [1.165, 1.54) is 32.1 Å². The van der Waals surface area contributed by atoms with Crippen LogP contribution in [0, 0.1) is 12.3 Å². The van der Waals surface area contributed by atoms with Crippen molar-refractivity contribution in [1.82, 2.24) is 5.32 Å². The summed E-state index contributed by atoms with van der Waals surface area (Å²) in [6.07, 6.45) is 14.6. The summed E-state index contributed by atoms with van der Waals surface area (Å²) in [6, 6.07) is 0.573. The van der Waals surface area contributed by atoms with E-state index in [4.69, 9.17) is 11.2 Å². The highest BCUT2D eigenvalue weighted by atomic mass is 16.5. The number of terminal acetylenes is 1. The third kappa shape index (κ3) is 4.69. The van der Waals surface area contributed by atoms with Crippen LogP contribution in [-0.2, 0) is 4.74 Å². The average molecular weight is 237 g/mol. The number of hydrogen-bond donors (Lipinski definition) is 1. The molecule has 2 nitrogen and oxygen atoms in total. The van der Waals surface area contributed by atoms with Crippen molar-refractivity contribution in [3.8, 4) is 12.3 Å². The van der Waals surface area contributed by atoms with Gasteiger partial charge in [0.1, 0.15) is 0 Å². The lowest BCUT2D eigenvalue weighted by molar-refractivity contribution is -0.0839. The second kappa shape index (κ2) is 7.74. The van der Waals surface area contributed by atoms with E-state index in [2.05, 4.69) is 18.2 Å². The zero-order chi connectivity index (χ0) is 12.6. The molecule has 98 valence electrons. The normalized spacial score (nSPS) is 19.4. The minimum absolute atomic E-state index is 0.168. The molecule has 1 saturated carbocycles. The predicted molar refractivity (Wildman–Crippen MR) is 73.0 cm³/mol. The zero-order valence-corrected chi connectivity index (χ0v) is 11.4. The molecule has 1 unspecified atom stereocenters. The molecule has 1 rings (SSSR count). The van der Waals surface area contributed by atoms with Gasteiger partial charge in [0.25, 0.3) is 0 Å². The van der Waals surface area contributed by atoms with Crippen molar-refractivity contribution in [3.05, 3.63) is 0 Å². The summed E-state index contributed by atoms with van der Waals surface area (Å²) in [4.78, 5) is 0. The highest BCUT2D eigenvalue weighted by molar-refractivity contribution is 4.93. The molecule has 0 bridgehead atoms. The van der Waals surface area contributed by atoms with E-state index in [1.807, 2.05) is 7.11 Å². The van der Waals surface area contributed by atoms with Gasteiger partial charge in [-0.1, -0.05) is 6.92 Å². The highest BCUT2D eigenvalue weighted by Gasteiger charge is 2.38. The molecule has 17 heavy (non-hydrogen) atoms. The third-order valence-corrected chi connectivity index (χ3v) is 3.87. The first-order valence-corrected chi connectivity index (χ1v) is 6.98. The minimum Gasteiger partial charge on any atom is -0.378 e. The Morgan fingerprint density at radius 2 is 2.24 bits per heavy atom. The Morgan fingerprint density at radius 3 is 2.71 bits per heavy atom.